The van der Waals surface area contributed by atoms with E-state index in [1.54, 1.807) is 0 Å². The van der Waals surface area contributed by atoms with Crippen molar-refractivity contribution < 1.29 is 14.3 Å². The molecule has 0 radical (unpaired) electrons. The molecule has 0 spiro atoms. The van der Waals surface area contributed by atoms with Crippen LogP contribution in [0.25, 0.3) is 0 Å². The zero-order valence-corrected chi connectivity index (χ0v) is 23.6. The Kier molecular flexibility index (Phi) is 5.95. The molecule has 4 heteroatoms. The lowest BCUT2D eigenvalue weighted by molar-refractivity contribution is -0.178. The van der Waals surface area contributed by atoms with E-state index in [1.807, 2.05) is 0 Å². The minimum absolute atomic E-state index is 0.0197. The van der Waals surface area contributed by atoms with Gasteiger partial charge in [0, 0.05) is 12.0 Å². The van der Waals surface area contributed by atoms with Crippen LogP contribution in [-0.2, 0) is 14.3 Å². The van der Waals surface area contributed by atoms with Gasteiger partial charge in [-0.05, 0) is 117 Å². The van der Waals surface area contributed by atoms with Crippen LogP contribution < -0.4 is 0 Å². The molecule has 35 heavy (non-hydrogen) atoms. The summed E-state index contributed by atoms with van der Waals surface area (Å²) in [5.74, 6) is 1.83. The van der Waals surface area contributed by atoms with Crippen LogP contribution in [0.3, 0.4) is 0 Å². The Hall–Kier alpha value is -1.16. The summed E-state index contributed by atoms with van der Waals surface area (Å²) in [7, 11) is 5.97. The van der Waals surface area contributed by atoms with Crippen LogP contribution in [-0.4, -0.2) is 43.9 Å². The fraction of sp³-hybridized carbons (Fsp3) is 0.871. The highest BCUT2D eigenvalue weighted by Gasteiger charge is 2.66. The van der Waals surface area contributed by atoms with Crippen LogP contribution in [0.1, 0.15) is 92.4 Å². The fourth-order valence-corrected chi connectivity index (χ4v) is 11.1. The Morgan fingerprint density at radius 2 is 1.57 bits per heavy atom. The molecule has 0 bridgehead atoms. The summed E-state index contributed by atoms with van der Waals surface area (Å²) >= 11 is 0. The van der Waals surface area contributed by atoms with Crippen LogP contribution in [0.4, 0.5) is 0 Å². The van der Waals surface area contributed by atoms with E-state index < -0.39 is 0 Å². The average molecular weight is 484 g/mol. The van der Waals surface area contributed by atoms with E-state index in [-0.39, 0.29) is 39.5 Å². The van der Waals surface area contributed by atoms with Crippen molar-refractivity contribution in [1.82, 2.24) is 4.90 Å². The molecule has 9 atom stereocenters. The van der Waals surface area contributed by atoms with Crippen molar-refractivity contribution in [2.45, 2.75) is 98.4 Å². The van der Waals surface area contributed by atoms with Crippen LogP contribution >= 0.6 is 0 Å². The van der Waals surface area contributed by atoms with Crippen molar-refractivity contribution in [3.8, 4) is 0 Å². The Morgan fingerprint density at radius 3 is 2.23 bits per heavy atom. The lowest BCUT2D eigenvalue weighted by Crippen LogP contribution is -2.65. The molecule has 5 rings (SSSR count). The van der Waals surface area contributed by atoms with Gasteiger partial charge in [-0.2, -0.15) is 0 Å². The number of allylic oxidation sites excluding steroid dienone is 2. The van der Waals surface area contributed by atoms with E-state index in [0.29, 0.717) is 29.6 Å². The van der Waals surface area contributed by atoms with E-state index in [4.69, 9.17) is 4.74 Å². The zero-order chi connectivity index (χ0) is 25.6. The van der Waals surface area contributed by atoms with Gasteiger partial charge in [0.25, 0.3) is 0 Å². The number of ketones is 1. The zero-order valence-electron chi connectivity index (χ0n) is 23.6. The maximum Gasteiger partial charge on any atom is 0.308 e. The first-order valence-electron chi connectivity index (χ1n) is 14.3. The van der Waals surface area contributed by atoms with Gasteiger partial charge in [-0.25, -0.2) is 0 Å². The minimum atomic E-state index is -0.0612. The van der Waals surface area contributed by atoms with E-state index in [1.165, 1.54) is 38.4 Å². The summed E-state index contributed by atoms with van der Waals surface area (Å²) in [6.07, 6.45) is 12.1. The number of esters is 1. The van der Waals surface area contributed by atoms with Crippen molar-refractivity contribution in [3.63, 3.8) is 0 Å². The second-order valence-corrected chi connectivity index (χ2v) is 14.7. The highest BCUT2D eigenvalue weighted by molar-refractivity contribution is 5.95. The van der Waals surface area contributed by atoms with Crippen molar-refractivity contribution in [3.05, 3.63) is 11.6 Å². The van der Waals surface area contributed by atoms with Crippen molar-refractivity contribution in [2.75, 3.05) is 21.2 Å². The first kappa shape index (κ1) is 25.5. The van der Waals surface area contributed by atoms with Gasteiger partial charge in [0.1, 0.15) is 0 Å². The molecule has 4 saturated carbocycles. The highest BCUT2D eigenvalue weighted by atomic mass is 16.5. The molecule has 0 aromatic heterocycles. The SMILES string of the molecule is COC(=O)[C@H]1CC[C@]2(C)CCC3C(=CC(=O)C4[C@@]3(C)CCC3C(C)(C)C(N(C)C)CC[C@@]34C)[C@@H]2C1. The molecule has 0 heterocycles. The molecule has 4 fully saturated rings. The lowest BCUT2D eigenvalue weighted by Gasteiger charge is -2.68. The lowest BCUT2D eigenvalue weighted by atomic mass is 9.37. The number of nitrogens with zero attached hydrogens (tertiary/aromatic N) is 1. The molecule has 0 aromatic carbocycles. The largest absolute Gasteiger partial charge is 0.469 e. The monoisotopic (exact) mass is 483 g/mol. The molecule has 0 amide bonds. The average Bonchev–Trinajstić information content (AvgIpc) is 2.76. The number of methoxy groups -OCH3 is 1. The summed E-state index contributed by atoms with van der Waals surface area (Å²) in [5.41, 5.74) is 1.91. The van der Waals surface area contributed by atoms with Gasteiger partial charge in [0.15, 0.2) is 5.78 Å². The molecule has 0 aromatic rings. The quantitative estimate of drug-likeness (QED) is 0.433. The number of hydrogen-bond acceptors (Lipinski definition) is 4. The van der Waals surface area contributed by atoms with E-state index >= 15 is 0 Å². The number of carbonyl (C=O) groups is 2. The normalized spacial score (nSPS) is 48.7. The molecular weight excluding hydrogens is 434 g/mol. The van der Waals surface area contributed by atoms with Crippen LogP contribution in [0.5, 0.6) is 0 Å². The number of rotatable bonds is 2. The van der Waals surface area contributed by atoms with Gasteiger partial charge in [0.05, 0.1) is 13.0 Å². The third kappa shape index (κ3) is 3.47. The predicted octanol–water partition coefficient (Wildman–Crippen LogP) is 6.29. The number of carbonyl (C=O) groups excluding carboxylic acids is 2. The second-order valence-electron chi connectivity index (χ2n) is 14.7. The first-order valence-corrected chi connectivity index (χ1v) is 14.3. The van der Waals surface area contributed by atoms with Gasteiger partial charge in [-0.15, -0.1) is 0 Å². The maximum absolute atomic E-state index is 14.2. The molecule has 5 aliphatic rings. The Labute approximate surface area is 213 Å². The number of ether oxygens (including phenoxy) is 1. The fourth-order valence-electron chi connectivity index (χ4n) is 11.1. The summed E-state index contributed by atoms with van der Waals surface area (Å²) in [5, 5.41) is 0. The summed E-state index contributed by atoms with van der Waals surface area (Å²) < 4.78 is 5.15. The number of fused-ring (bicyclic) bond motifs is 7. The molecule has 4 unspecified atom stereocenters. The topological polar surface area (TPSA) is 46.6 Å². The summed E-state index contributed by atoms with van der Waals surface area (Å²) in [4.78, 5) is 29.2. The van der Waals surface area contributed by atoms with Crippen LogP contribution in [0, 0.1) is 51.2 Å². The summed E-state index contributed by atoms with van der Waals surface area (Å²) in [6, 6.07) is 0.572. The second kappa shape index (κ2) is 8.17. The Morgan fingerprint density at radius 1 is 0.914 bits per heavy atom. The molecular formula is C31H49NO3. The third-order valence-electron chi connectivity index (χ3n) is 12.6. The van der Waals surface area contributed by atoms with E-state index in [0.717, 1.165) is 32.1 Å². The standard InChI is InChI=1S/C31H49NO3/c1-28(2)24-11-15-30(4)21-10-14-29(3)13-9-19(27(34)35-8)17-22(29)20(21)18-23(33)26(30)31(24,5)16-12-25(28)32(6)7/h18-19,21-22,24-26H,9-17H2,1-8H3/t19-,21?,22-,24?,25?,26?,29+,30-,31-/m0/s1. The maximum atomic E-state index is 14.2. The van der Waals surface area contributed by atoms with Gasteiger partial charge >= 0.3 is 5.97 Å². The number of hydrogen-bond donors (Lipinski definition) is 0. The first-order chi connectivity index (χ1) is 16.3. The van der Waals surface area contributed by atoms with Crippen molar-refractivity contribution in [1.29, 1.82) is 0 Å². The van der Waals surface area contributed by atoms with Gasteiger partial charge < -0.3 is 9.64 Å². The summed E-state index contributed by atoms with van der Waals surface area (Å²) in [6.45, 7) is 12.3. The molecule has 4 nitrogen and oxygen atoms in total. The molecule has 0 saturated heterocycles. The van der Waals surface area contributed by atoms with Crippen molar-refractivity contribution >= 4 is 11.8 Å². The smallest absolute Gasteiger partial charge is 0.308 e. The van der Waals surface area contributed by atoms with Crippen molar-refractivity contribution in [2.24, 2.45) is 51.2 Å². The minimum Gasteiger partial charge on any atom is -0.469 e. The predicted molar refractivity (Wildman–Crippen MR) is 140 cm³/mol. The van der Waals surface area contributed by atoms with Gasteiger partial charge in [-0.1, -0.05) is 40.2 Å². The van der Waals surface area contributed by atoms with Gasteiger partial charge in [0.2, 0.25) is 0 Å². The van der Waals surface area contributed by atoms with Crippen LogP contribution in [0.2, 0.25) is 0 Å². The highest BCUT2D eigenvalue weighted by Crippen LogP contribution is 2.71. The third-order valence-corrected chi connectivity index (χ3v) is 12.6. The van der Waals surface area contributed by atoms with Crippen LogP contribution in [0.15, 0.2) is 11.6 Å². The molecule has 196 valence electrons. The van der Waals surface area contributed by atoms with E-state index in [9.17, 15) is 9.59 Å². The Bertz CT molecular complexity index is 936. The molecule has 0 N–H and O–H groups in total. The van der Waals surface area contributed by atoms with Gasteiger partial charge in [-0.3, -0.25) is 9.59 Å². The Balaban J connectivity index is 1.53. The molecule has 0 aliphatic heterocycles. The molecule has 5 aliphatic carbocycles. The van der Waals surface area contributed by atoms with E-state index in [2.05, 4.69) is 59.7 Å².